The number of esters is 1. The van der Waals surface area contributed by atoms with Gasteiger partial charge in [0.25, 0.3) is 5.69 Å². The van der Waals surface area contributed by atoms with Crippen molar-refractivity contribution in [1.82, 2.24) is 0 Å². The third-order valence-electron chi connectivity index (χ3n) is 2.01. The van der Waals surface area contributed by atoms with Crippen molar-refractivity contribution in [3.63, 3.8) is 0 Å². The largest absolute Gasteiger partial charge is 0.462 e. The highest BCUT2D eigenvalue weighted by atomic mass is 35.5. The predicted molar refractivity (Wildman–Crippen MR) is 63.1 cm³/mol. The van der Waals surface area contributed by atoms with Crippen molar-refractivity contribution in [2.75, 3.05) is 12.3 Å². The van der Waals surface area contributed by atoms with Crippen LogP contribution in [0.2, 0.25) is 5.02 Å². The number of rotatable bonds is 4. The van der Waals surface area contributed by atoms with Crippen LogP contribution in [-0.2, 0) is 4.74 Å². The number of carbonyl (C=O) groups excluding carboxylic acids is 1. The molecular formula is C10H11ClN2O4. The highest BCUT2D eigenvalue weighted by Crippen LogP contribution is 2.31. The maximum atomic E-state index is 11.6. The number of hydrogen-bond donors (Lipinski definition) is 1. The number of nitro benzene ring substituents is 1. The summed E-state index contributed by atoms with van der Waals surface area (Å²) in [5, 5.41) is 10.7. The Hall–Kier alpha value is -1.82. The summed E-state index contributed by atoms with van der Waals surface area (Å²) < 4.78 is 4.85. The van der Waals surface area contributed by atoms with Gasteiger partial charge in [-0.2, -0.15) is 0 Å². The van der Waals surface area contributed by atoms with E-state index in [-0.39, 0.29) is 28.6 Å². The minimum absolute atomic E-state index is 0.0363. The van der Waals surface area contributed by atoms with Crippen LogP contribution in [0.25, 0.3) is 0 Å². The zero-order chi connectivity index (χ0) is 13.0. The van der Waals surface area contributed by atoms with Crippen molar-refractivity contribution in [3.05, 3.63) is 32.8 Å². The van der Waals surface area contributed by atoms with E-state index in [2.05, 4.69) is 0 Å². The smallest absolute Gasteiger partial charge is 0.342 e. The summed E-state index contributed by atoms with van der Waals surface area (Å²) >= 11 is 5.78. The molecule has 0 amide bonds. The lowest BCUT2D eigenvalue weighted by molar-refractivity contribution is -0.383. The number of hydrogen-bond acceptors (Lipinski definition) is 5. The van der Waals surface area contributed by atoms with Crippen LogP contribution in [0.3, 0.4) is 0 Å². The van der Waals surface area contributed by atoms with Crippen LogP contribution >= 0.6 is 11.6 Å². The third-order valence-corrected chi connectivity index (χ3v) is 2.32. The van der Waals surface area contributed by atoms with Gasteiger partial charge < -0.3 is 10.5 Å². The summed E-state index contributed by atoms with van der Waals surface area (Å²) in [6.07, 6.45) is 0.637. The van der Waals surface area contributed by atoms with Crippen molar-refractivity contribution in [3.8, 4) is 0 Å². The van der Waals surface area contributed by atoms with Gasteiger partial charge in [0.2, 0.25) is 0 Å². The highest BCUT2D eigenvalue weighted by Gasteiger charge is 2.23. The third kappa shape index (κ3) is 2.85. The van der Waals surface area contributed by atoms with E-state index in [1.165, 1.54) is 6.07 Å². The average Bonchev–Trinajstić information content (AvgIpc) is 2.25. The Kier molecular flexibility index (Phi) is 4.28. The molecule has 0 saturated carbocycles. The lowest BCUT2D eigenvalue weighted by Gasteiger charge is -2.08. The number of nitrogen functional groups attached to an aromatic ring is 1. The van der Waals surface area contributed by atoms with Gasteiger partial charge in [-0.15, -0.1) is 0 Å². The van der Waals surface area contributed by atoms with Crippen molar-refractivity contribution in [2.24, 2.45) is 0 Å². The fraction of sp³-hybridized carbons (Fsp3) is 0.300. The first-order valence-corrected chi connectivity index (χ1v) is 5.26. The van der Waals surface area contributed by atoms with Gasteiger partial charge >= 0.3 is 5.97 Å². The minimum atomic E-state index is -0.752. The maximum Gasteiger partial charge on any atom is 0.342 e. The Labute approximate surface area is 102 Å². The predicted octanol–water partition coefficient (Wildman–Crippen LogP) is 2.40. The van der Waals surface area contributed by atoms with Gasteiger partial charge in [0.1, 0.15) is 11.3 Å². The van der Waals surface area contributed by atoms with Gasteiger partial charge in [-0.1, -0.05) is 18.5 Å². The summed E-state index contributed by atoms with van der Waals surface area (Å²) in [7, 11) is 0. The van der Waals surface area contributed by atoms with Crippen LogP contribution in [0, 0.1) is 10.1 Å². The molecule has 2 N–H and O–H groups in total. The van der Waals surface area contributed by atoms with Gasteiger partial charge in [-0.05, 0) is 12.5 Å². The molecule has 0 saturated heterocycles. The summed E-state index contributed by atoms with van der Waals surface area (Å²) in [6.45, 7) is 2.03. The second-order valence-corrected chi connectivity index (χ2v) is 3.66. The van der Waals surface area contributed by atoms with E-state index < -0.39 is 10.9 Å². The molecule has 0 heterocycles. The Morgan fingerprint density at radius 2 is 2.24 bits per heavy atom. The molecule has 1 aromatic carbocycles. The monoisotopic (exact) mass is 258 g/mol. The normalized spacial score (nSPS) is 10.0. The van der Waals surface area contributed by atoms with E-state index in [4.69, 9.17) is 22.1 Å². The molecule has 1 rings (SSSR count). The van der Waals surface area contributed by atoms with Gasteiger partial charge in [0, 0.05) is 6.07 Å². The molecule has 7 heteroatoms. The maximum absolute atomic E-state index is 11.6. The topological polar surface area (TPSA) is 95.5 Å². The van der Waals surface area contributed by atoms with E-state index >= 15 is 0 Å². The standard InChI is InChI=1S/C10H11ClN2O4/c1-2-5-17-10(14)8-6(11)3-4-7(9(8)12)13(15)16/h3-4H,2,5,12H2,1H3. The molecule has 0 aromatic heterocycles. The molecule has 0 aliphatic rings. The summed E-state index contributed by atoms with van der Waals surface area (Å²) in [5.74, 6) is -0.752. The Morgan fingerprint density at radius 3 is 2.76 bits per heavy atom. The fourth-order valence-corrected chi connectivity index (χ4v) is 1.46. The van der Waals surface area contributed by atoms with Crippen molar-refractivity contribution in [2.45, 2.75) is 13.3 Å². The number of halogens is 1. The van der Waals surface area contributed by atoms with E-state index in [9.17, 15) is 14.9 Å². The highest BCUT2D eigenvalue weighted by molar-refractivity contribution is 6.34. The molecule has 0 aliphatic carbocycles. The summed E-state index contributed by atoms with van der Waals surface area (Å²) in [5.41, 5.74) is 4.74. The minimum Gasteiger partial charge on any atom is -0.462 e. The molecule has 0 spiro atoms. The first-order chi connectivity index (χ1) is 7.99. The van der Waals surface area contributed by atoms with Gasteiger partial charge in [0.05, 0.1) is 16.6 Å². The van der Waals surface area contributed by atoms with Gasteiger partial charge in [0.15, 0.2) is 0 Å². The lowest BCUT2D eigenvalue weighted by Crippen LogP contribution is -2.11. The Bertz CT molecular complexity index is 462. The molecule has 92 valence electrons. The second kappa shape index (κ2) is 5.49. The molecule has 1 aromatic rings. The molecule has 0 unspecified atom stereocenters. The van der Waals surface area contributed by atoms with E-state index in [0.717, 1.165) is 6.07 Å². The van der Waals surface area contributed by atoms with Crippen LogP contribution in [0.5, 0.6) is 0 Å². The van der Waals surface area contributed by atoms with Crippen molar-refractivity contribution >= 4 is 28.9 Å². The van der Waals surface area contributed by atoms with Crippen LogP contribution in [0.15, 0.2) is 12.1 Å². The molecule has 0 fully saturated rings. The number of nitrogens with two attached hydrogens (primary N) is 1. The molecule has 0 radical (unpaired) electrons. The van der Waals surface area contributed by atoms with E-state index in [1.54, 1.807) is 0 Å². The molecule has 0 bridgehead atoms. The van der Waals surface area contributed by atoms with Gasteiger partial charge in [-0.25, -0.2) is 4.79 Å². The van der Waals surface area contributed by atoms with E-state index in [0.29, 0.717) is 6.42 Å². The number of nitrogens with zero attached hydrogens (tertiary/aromatic N) is 1. The average molecular weight is 259 g/mol. The molecule has 0 atom stereocenters. The zero-order valence-electron chi connectivity index (χ0n) is 9.10. The van der Waals surface area contributed by atoms with Crippen LogP contribution < -0.4 is 5.73 Å². The number of nitro groups is 1. The van der Waals surface area contributed by atoms with Crippen LogP contribution in [0.4, 0.5) is 11.4 Å². The first kappa shape index (κ1) is 13.2. The van der Waals surface area contributed by atoms with Crippen LogP contribution in [0.1, 0.15) is 23.7 Å². The first-order valence-electron chi connectivity index (χ1n) is 4.88. The molecular weight excluding hydrogens is 248 g/mol. The van der Waals surface area contributed by atoms with Gasteiger partial charge in [-0.3, -0.25) is 10.1 Å². The summed E-state index contributed by atoms with van der Waals surface area (Å²) in [4.78, 5) is 21.6. The second-order valence-electron chi connectivity index (χ2n) is 3.25. The number of carbonyl (C=O) groups is 1. The Morgan fingerprint density at radius 1 is 1.59 bits per heavy atom. The fourth-order valence-electron chi connectivity index (χ4n) is 1.22. The van der Waals surface area contributed by atoms with Crippen molar-refractivity contribution in [1.29, 1.82) is 0 Å². The lowest BCUT2D eigenvalue weighted by atomic mass is 10.1. The summed E-state index contributed by atoms with van der Waals surface area (Å²) in [6, 6.07) is 2.40. The molecule has 17 heavy (non-hydrogen) atoms. The SMILES string of the molecule is CCCOC(=O)c1c(Cl)ccc([N+](=O)[O-])c1N. The number of ether oxygens (including phenoxy) is 1. The Balaban J connectivity index is 3.18. The van der Waals surface area contributed by atoms with Crippen molar-refractivity contribution < 1.29 is 14.5 Å². The zero-order valence-corrected chi connectivity index (χ0v) is 9.86. The quantitative estimate of drug-likeness (QED) is 0.387. The number of benzene rings is 1. The van der Waals surface area contributed by atoms with Crippen LogP contribution in [-0.4, -0.2) is 17.5 Å². The molecule has 0 aliphatic heterocycles. The van der Waals surface area contributed by atoms with E-state index in [1.807, 2.05) is 6.92 Å². The molecule has 6 nitrogen and oxygen atoms in total. The number of anilines is 1.